The molecule has 0 aliphatic carbocycles. The second-order valence-corrected chi connectivity index (χ2v) is 8.21. The zero-order chi connectivity index (χ0) is 21.6. The molecule has 31 heavy (non-hydrogen) atoms. The molecular weight excluding hydrogens is 386 g/mol. The van der Waals surface area contributed by atoms with E-state index < -0.39 is 0 Å². The second kappa shape index (κ2) is 9.84. The van der Waals surface area contributed by atoms with E-state index in [1.165, 1.54) is 15.7 Å². The first-order valence-electron chi connectivity index (χ1n) is 11.2. The number of benzene rings is 3. The van der Waals surface area contributed by atoms with E-state index in [2.05, 4.69) is 59.6 Å². The van der Waals surface area contributed by atoms with Crippen LogP contribution in [0.4, 0.5) is 5.69 Å². The van der Waals surface area contributed by atoms with Crippen molar-refractivity contribution in [3.05, 3.63) is 72.3 Å². The number of carbonyl (C=O) groups excluding carboxylic acids is 1. The Balaban J connectivity index is 1.30. The van der Waals surface area contributed by atoms with Gasteiger partial charge < -0.3 is 19.9 Å². The number of anilines is 1. The maximum Gasteiger partial charge on any atom is 0.275 e. The molecule has 3 aromatic carbocycles. The van der Waals surface area contributed by atoms with Gasteiger partial charge in [-0.15, -0.1) is 0 Å². The molecule has 1 atom stereocenters. The van der Waals surface area contributed by atoms with Gasteiger partial charge in [-0.1, -0.05) is 48.5 Å². The molecule has 4 rings (SSSR count). The van der Waals surface area contributed by atoms with Crippen molar-refractivity contribution >= 4 is 22.4 Å². The van der Waals surface area contributed by atoms with Crippen LogP contribution in [0.25, 0.3) is 10.8 Å². The van der Waals surface area contributed by atoms with Crippen LogP contribution in [0.15, 0.2) is 66.7 Å². The highest BCUT2D eigenvalue weighted by Gasteiger charge is 2.24. The molecule has 162 valence electrons. The third-order valence-corrected chi connectivity index (χ3v) is 6.04. The second-order valence-electron chi connectivity index (χ2n) is 8.21. The number of carbonyl (C=O) groups is 1. The number of hydrogen-bond acceptors (Lipinski definition) is 3. The van der Waals surface area contributed by atoms with E-state index >= 15 is 0 Å². The minimum atomic E-state index is -0.00383. The van der Waals surface area contributed by atoms with E-state index in [9.17, 15) is 4.79 Å². The van der Waals surface area contributed by atoms with E-state index in [1.54, 1.807) is 0 Å². The number of para-hydroxylation sites is 2. The molecule has 1 aliphatic rings. The maximum absolute atomic E-state index is 12.7. The lowest BCUT2D eigenvalue weighted by Gasteiger charge is -2.34. The summed E-state index contributed by atoms with van der Waals surface area (Å²) < 4.78 is 5.78. The van der Waals surface area contributed by atoms with Crippen LogP contribution in [0.5, 0.6) is 5.75 Å². The van der Waals surface area contributed by atoms with Gasteiger partial charge in [-0.25, -0.2) is 0 Å². The van der Waals surface area contributed by atoms with Crippen LogP contribution in [0.2, 0.25) is 0 Å². The van der Waals surface area contributed by atoms with Crippen molar-refractivity contribution in [3.63, 3.8) is 0 Å². The van der Waals surface area contributed by atoms with Gasteiger partial charge in [-0.2, -0.15) is 0 Å². The Bertz CT molecular complexity index is 1030. The first kappa shape index (κ1) is 21.2. The molecule has 3 aromatic rings. The number of rotatable bonds is 7. The van der Waals surface area contributed by atoms with Gasteiger partial charge in [0, 0.05) is 0 Å². The lowest BCUT2D eigenvalue weighted by molar-refractivity contribution is -0.892. The monoisotopic (exact) mass is 418 g/mol. The van der Waals surface area contributed by atoms with Crippen molar-refractivity contribution in [1.29, 1.82) is 0 Å². The Labute approximate surface area is 184 Å². The molecule has 1 fully saturated rings. The van der Waals surface area contributed by atoms with Crippen molar-refractivity contribution in [2.45, 2.75) is 19.9 Å². The summed E-state index contributed by atoms with van der Waals surface area (Å²) in [5.41, 5.74) is 2.29. The van der Waals surface area contributed by atoms with E-state index in [0.717, 1.165) is 43.2 Å². The average Bonchev–Trinajstić information content (AvgIpc) is 2.80. The number of nitrogens with one attached hydrogen (secondary N) is 2. The van der Waals surface area contributed by atoms with Crippen LogP contribution in [-0.4, -0.2) is 45.2 Å². The van der Waals surface area contributed by atoms with Gasteiger partial charge in [0.15, 0.2) is 6.54 Å². The van der Waals surface area contributed by atoms with Crippen molar-refractivity contribution in [1.82, 2.24) is 5.32 Å². The molecule has 5 heteroatoms. The number of hydrogen-bond donors (Lipinski definition) is 2. The SMILES string of the molecule is CCOc1ccccc1N1CC[NH+](CC(=O)N[C@H](C)c2ccc3ccccc3c2)CC1. The number of ether oxygens (including phenoxy) is 1. The van der Waals surface area contributed by atoms with Gasteiger partial charge in [-0.05, 0) is 48.4 Å². The Morgan fingerprint density at radius 2 is 1.74 bits per heavy atom. The molecule has 0 bridgehead atoms. The van der Waals surface area contributed by atoms with Gasteiger partial charge in [0.2, 0.25) is 0 Å². The van der Waals surface area contributed by atoms with Gasteiger partial charge in [0.05, 0.1) is 44.5 Å². The number of fused-ring (bicyclic) bond motifs is 1. The molecule has 0 spiro atoms. The Hall–Kier alpha value is -3.05. The van der Waals surface area contributed by atoms with Gasteiger partial charge in [0.1, 0.15) is 5.75 Å². The van der Waals surface area contributed by atoms with Crippen LogP contribution in [-0.2, 0) is 4.79 Å². The quantitative estimate of drug-likeness (QED) is 0.620. The molecular formula is C26H32N3O2+. The summed E-state index contributed by atoms with van der Waals surface area (Å²) in [5.74, 6) is 1.05. The Morgan fingerprint density at radius 3 is 2.52 bits per heavy atom. The predicted molar refractivity (Wildman–Crippen MR) is 126 cm³/mol. The van der Waals surface area contributed by atoms with Crippen molar-refractivity contribution < 1.29 is 14.4 Å². The van der Waals surface area contributed by atoms with Crippen LogP contribution >= 0.6 is 0 Å². The third kappa shape index (κ3) is 5.17. The summed E-state index contributed by atoms with van der Waals surface area (Å²) in [6, 6.07) is 22.9. The molecule has 0 unspecified atom stereocenters. The number of amides is 1. The fourth-order valence-electron chi connectivity index (χ4n) is 4.32. The largest absolute Gasteiger partial charge is 0.492 e. The first-order chi connectivity index (χ1) is 15.1. The summed E-state index contributed by atoms with van der Waals surface area (Å²) in [6.45, 7) is 8.98. The molecule has 0 saturated carbocycles. The fourth-order valence-corrected chi connectivity index (χ4v) is 4.32. The predicted octanol–water partition coefficient (Wildman–Crippen LogP) is 2.82. The minimum Gasteiger partial charge on any atom is -0.492 e. The lowest BCUT2D eigenvalue weighted by atomic mass is 10.0. The average molecular weight is 419 g/mol. The molecule has 1 saturated heterocycles. The molecule has 1 heterocycles. The van der Waals surface area contributed by atoms with E-state index in [4.69, 9.17) is 4.74 Å². The number of quaternary nitrogens is 1. The number of nitrogens with zero attached hydrogens (tertiary/aromatic N) is 1. The lowest BCUT2D eigenvalue weighted by Crippen LogP contribution is -3.15. The topological polar surface area (TPSA) is 46.0 Å². The van der Waals surface area contributed by atoms with Crippen molar-refractivity contribution in [2.75, 3.05) is 44.2 Å². The summed E-state index contributed by atoms with van der Waals surface area (Å²) in [4.78, 5) is 16.4. The normalized spacial score (nSPS) is 15.6. The number of piperazine rings is 1. The Kier molecular flexibility index (Phi) is 6.73. The zero-order valence-electron chi connectivity index (χ0n) is 18.4. The van der Waals surface area contributed by atoms with Gasteiger partial charge in [0.25, 0.3) is 5.91 Å². The van der Waals surface area contributed by atoms with E-state index in [0.29, 0.717) is 13.2 Å². The van der Waals surface area contributed by atoms with Crippen LogP contribution in [0, 0.1) is 0 Å². The van der Waals surface area contributed by atoms with Crippen LogP contribution in [0.3, 0.4) is 0 Å². The first-order valence-corrected chi connectivity index (χ1v) is 11.2. The molecule has 0 radical (unpaired) electrons. The maximum atomic E-state index is 12.7. The third-order valence-electron chi connectivity index (χ3n) is 6.04. The fraction of sp³-hybridized carbons (Fsp3) is 0.346. The molecule has 0 aromatic heterocycles. The molecule has 1 aliphatic heterocycles. The summed E-state index contributed by atoms with van der Waals surface area (Å²) >= 11 is 0. The standard InChI is InChI=1S/C26H31N3O2/c1-3-31-25-11-7-6-10-24(25)29-16-14-28(15-17-29)19-26(30)27-20(2)22-13-12-21-8-4-5-9-23(21)18-22/h4-13,18,20H,3,14-17,19H2,1-2H3,(H,27,30)/p+1/t20-/m1/s1. The van der Waals surface area contributed by atoms with Gasteiger partial charge in [-0.3, -0.25) is 4.79 Å². The van der Waals surface area contributed by atoms with E-state index in [1.807, 2.05) is 31.2 Å². The highest BCUT2D eigenvalue weighted by Crippen LogP contribution is 2.27. The van der Waals surface area contributed by atoms with Crippen LogP contribution in [0.1, 0.15) is 25.5 Å². The van der Waals surface area contributed by atoms with Crippen molar-refractivity contribution in [2.24, 2.45) is 0 Å². The highest BCUT2D eigenvalue weighted by molar-refractivity contribution is 5.83. The summed E-state index contributed by atoms with van der Waals surface area (Å²) in [5, 5.41) is 5.61. The van der Waals surface area contributed by atoms with Gasteiger partial charge >= 0.3 is 0 Å². The van der Waals surface area contributed by atoms with E-state index in [-0.39, 0.29) is 11.9 Å². The highest BCUT2D eigenvalue weighted by atomic mass is 16.5. The molecule has 2 N–H and O–H groups in total. The Morgan fingerprint density at radius 1 is 1.03 bits per heavy atom. The minimum absolute atomic E-state index is 0.00383. The molecule has 5 nitrogen and oxygen atoms in total. The summed E-state index contributed by atoms with van der Waals surface area (Å²) in [7, 11) is 0. The molecule has 1 amide bonds. The summed E-state index contributed by atoms with van der Waals surface area (Å²) in [6.07, 6.45) is 0. The van der Waals surface area contributed by atoms with Crippen molar-refractivity contribution in [3.8, 4) is 5.75 Å². The smallest absolute Gasteiger partial charge is 0.275 e. The van der Waals surface area contributed by atoms with Crippen LogP contribution < -0.4 is 19.9 Å². The zero-order valence-corrected chi connectivity index (χ0v) is 18.4.